The minimum absolute atomic E-state index is 0.0725. The van der Waals surface area contributed by atoms with E-state index in [9.17, 15) is 4.79 Å². The molecule has 1 heterocycles. The van der Waals surface area contributed by atoms with Gasteiger partial charge in [-0.05, 0) is 5.56 Å². The van der Waals surface area contributed by atoms with Crippen molar-refractivity contribution in [3.8, 4) is 6.07 Å². The Bertz CT molecular complexity index is 446. The number of hydrogen-bond donors (Lipinski definition) is 1. The van der Waals surface area contributed by atoms with Gasteiger partial charge in [0.25, 0.3) is 0 Å². The van der Waals surface area contributed by atoms with Gasteiger partial charge in [0, 0.05) is 32.7 Å². The summed E-state index contributed by atoms with van der Waals surface area (Å²) < 4.78 is 0. The fourth-order valence-corrected chi connectivity index (χ4v) is 2.18. The largest absolute Gasteiger partial charge is 0.325 e. The molecule has 1 saturated heterocycles. The molecule has 1 fully saturated rings. The lowest BCUT2D eigenvalue weighted by Gasteiger charge is -2.34. The number of carbonyl (C=O) groups is 1. The molecule has 0 bridgehead atoms. The zero-order valence-electron chi connectivity index (χ0n) is 10.9. The fraction of sp³-hybridized carbons (Fsp3) is 0.429. The van der Waals surface area contributed by atoms with Crippen LogP contribution in [0.3, 0.4) is 0 Å². The molecule has 1 aliphatic rings. The molecule has 19 heavy (non-hydrogen) atoms. The first kappa shape index (κ1) is 13.4. The van der Waals surface area contributed by atoms with Gasteiger partial charge >= 0.3 is 6.03 Å². The molecule has 2 rings (SSSR count). The van der Waals surface area contributed by atoms with Crippen LogP contribution in [0.5, 0.6) is 0 Å². The van der Waals surface area contributed by atoms with Crippen LogP contribution in [0, 0.1) is 11.3 Å². The summed E-state index contributed by atoms with van der Waals surface area (Å²) in [7, 11) is 0. The van der Waals surface area contributed by atoms with E-state index in [1.54, 1.807) is 4.90 Å². The smallest absolute Gasteiger partial charge is 0.318 e. The average Bonchev–Trinajstić information content (AvgIpc) is 2.46. The molecule has 1 aromatic rings. The van der Waals surface area contributed by atoms with Crippen LogP contribution in [0.25, 0.3) is 0 Å². The third-order valence-electron chi connectivity index (χ3n) is 3.23. The first-order valence-corrected chi connectivity index (χ1v) is 6.45. The van der Waals surface area contributed by atoms with E-state index >= 15 is 0 Å². The molecule has 0 unspecified atom stereocenters. The van der Waals surface area contributed by atoms with Gasteiger partial charge in [0.15, 0.2) is 0 Å². The van der Waals surface area contributed by atoms with Crippen LogP contribution < -0.4 is 5.32 Å². The Kier molecular flexibility index (Phi) is 4.76. The summed E-state index contributed by atoms with van der Waals surface area (Å²) in [5.41, 5.74) is 1.30. The van der Waals surface area contributed by atoms with Crippen LogP contribution in [0.15, 0.2) is 30.3 Å². The molecule has 0 atom stereocenters. The molecular formula is C14H18N4O. The van der Waals surface area contributed by atoms with Gasteiger partial charge in [-0.2, -0.15) is 5.26 Å². The monoisotopic (exact) mass is 258 g/mol. The number of carbonyl (C=O) groups excluding carboxylic acids is 1. The van der Waals surface area contributed by atoms with Crippen LogP contribution in [0.2, 0.25) is 0 Å². The van der Waals surface area contributed by atoms with Crippen molar-refractivity contribution in [2.24, 2.45) is 0 Å². The molecular weight excluding hydrogens is 240 g/mol. The van der Waals surface area contributed by atoms with Crippen LogP contribution in [0.4, 0.5) is 4.79 Å². The van der Waals surface area contributed by atoms with E-state index < -0.39 is 0 Å². The molecule has 0 aliphatic carbocycles. The molecule has 2 amide bonds. The molecule has 1 aliphatic heterocycles. The molecule has 1 N–H and O–H groups in total. The maximum atomic E-state index is 11.7. The van der Waals surface area contributed by atoms with Crippen LogP contribution in [-0.2, 0) is 6.54 Å². The van der Waals surface area contributed by atoms with Gasteiger partial charge in [0.05, 0.1) is 6.07 Å². The fourth-order valence-electron chi connectivity index (χ4n) is 2.18. The predicted octanol–water partition coefficient (Wildman–Crippen LogP) is 1.04. The minimum Gasteiger partial charge on any atom is -0.325 e. The standard InChI is InChI=1S/C14H18N4O/c15-6-7-16-14(19)18-10-8-17(9-11-18)12-13-4-2-1-3-5-13/h1-5H,7-12H2,(H,16,19). The van der Waals surface area contributed by atoms with E-state index in [1.807, 2.05) is 24.3 Å². The Labute approximate surface area is 113 Å². The highest BCUT2D eigenvalue weighted by Crippen LogP contribution is 2.08. The van der Waals surface area contributed by atoms with Crippen molar-refractivity contribution in [1.82, 2.24) is 15.1 Å². The zero-order chi connectivity index (χ0) is 13.5. The Morgan fingerprint density at radius 2 is 1.89 bits per heavy atom. The van der Waals surface area contributed by atoms with Gasteiger partial charge in [0.2, 0.25) is 0 Å². The lowest BCUT2D eigenvalue weighted by molar-refractivity contribution is 0.136. The van der Waals surface area contributed by atoms with Gasteiger partial charge in [-0.25, -0.2) is 4.79 Å². The first-order valence-electron chi connectivity index (χ1n) is 6.45. The quantitative estimate of drug-likeness (QED) is 0.824. The number of urea groups is 1. The third kappa shape index (κ3) is 3.97. The number of nitrogens with one attached hydrogen (secondary N) is 1. The molecule has 0 spiro atoms. The van der Waals surface area contributed by atoms with Gasteiger partial charge in [-0.15, -0.1) is 0 Å². The minimum atomic E-state index is -0.138. The van der Waals surface area contributed by atoms with Crippen molar-refractivity contribution in [2.45, 2.75) is 6.54 Å². The number of amides is 2. The molecule has 5 heteroatoms. The van der Waals surface area contributed by atoms with E-state index in [4.69, 9.17) is 5.26 Å². The highest BCUT2D eigenvalue weighted by molar-refractivity contribution is 5.74. The second-order valence-corrected chi connectivity index (χ2v) is 4.57. The normalized spacial score (nSPS) is 15.8. The predicted molar refractivity (Wildman–Crippen MR) is 72.3 cm³/mol. The van der Waals surface area contributed by atoms with Crippen LogP contribution in [-0.4, -0.2) is 48.6 Å². The Balaban J connectivity index is 1.76. The number of rotatable bonds is 3. The van der Waals surface area contributed by atoms with Crippen molar-refractivity contribution in [3.63, 3.8) is 0 Å². The highest BCUT2D eigenvalue weighted by Gasteiger charge is 2.20. The number of piperazine rings is 1. The lowest BCUT2D eigenvalue weighted by atomic mass is 10.2. The molecule has 0 saturated carbocycles. The van der Waals surface area contributed by atoms with Crippen molar-refractivity contribution < 1.29 is 4.79 Å². The van der Waals surface area contributed by atoms with Crippen molar-refractivity contribution in [2.75, 3.05) is 32.7 Å². The van der Waals surface area contributed by atoms with Gasteiger partial charge in [0.1, 0.15) is 6.54 Å². The van der Waals surface area contributed by atoms with E-state index in [1.165, 1.54) is 5.56 Å². The van der Waals surface area contributed by atoms with E-state index in [0.29, 0.717) is 13.1 Å². The topological polar surface area (TPSA) is 59.4 Å². The number of nitrogens with zero attached hydrogens (tertiary/aromatic N) is 3. The van der Waals surface area contributed by atoms with E-state index in [-0.39, 0.29) is 12.6 Å². The maximum absolute atomic E-state index is 11.7. The number of nitriles is 1. The lowest BCUT2D eigenvalue weighted by Crippen LogP contribution is -2.51. The molecule has 0 aromatic heterocycles. The summed E-state index contributed by atoms with van der Waals surface area (Å²) in [5, 5.41) is 11.0. The summed E-state index contributed by atoms with van der Waals surface area (Å²) in [4.78, 5) is 15.8. The third-order valence-corrected chi connectivity index (χ3v) is 3.23. The summed E-state index contributed by atoms with van der Waals surface area (Å²) in [6.45, 7) is 4.16. The summed E-state index contributed by atoms with van der Waals surface area (Å²) in [5.74, 6) is 0. The van der Waals surface area contributed by atoms with E-state index in [2.05, 4.69) is 22.3 Å². The van der Waals surface area contributed by atoms with E-state index in [0.717, 1.165) is 19.6 Å². The SMILES string of the molecule is N#CCNC(=O)N1CCN(Cc2ccccc2)CC1. The van der Waals surface area contributed by atoms with Gasteiger partial charge in [-0.3, -0.25) is 4.90 Å². The van der Waals surface area contributed by atoms with Gasteiger partial charge in [-0.1, -0.05) is 30.3 Å². The average molecular weight is 258 g/mol. The molecule has 5 nitrogen and oxygen atoms in total. The van der Waals surface area contributed by atoms with Crippen LogP contribution in [0.1, 0.15) is 5.56 Å². The van der Waals surface area contributed by atoms with Crippen molar-refractivity contribution in [3.05, 3.63) is 35.9 Å². The van der Waals surface area contributed by atoms with Crippen molar-refractivity contribution >= 4 is 6.03 Å². The summed E-state index contributed by atoms with van der Waals surface area (Å²) >= 11 is 0. The molecule has 0 radical (unpaired) electrons. The van der Waals surface area contributed by atoms with Crippen molar-refractivity contribution in [1.29, 1.82) is 5.26 Å². The summed E-state index contributed by atoms with van der Waals surface area (Å²) in [6, 6.07) is 12.1. The zero-order valence-corrected chi connectivity index (χ0v) is 10.9. The Morgan fingerprint density at radius 3 is 2.53 bits per heavy atom. The molecule has 100 valence electrons. The molecule has 1 aromatic carbocycles. The maximum Gasteiger partial charge on any atom is 0.318 e. The number of hydrogen-bond acceptors (Lipinski definition) is 3. The van der Waals surface area contributed by atoms with Gasteiger partial charge < -0.3 is 10.2 Å². The second-order valence-electron chi connectivity index (χ2n) is 4.57. The first-order chi connectivity index (χ1) is 9.29. The Hall–Kier alpha value is -2.06. The van der Waals surface area contributed by atoms with Crippen LogP contribution >= 0.6 is 0 Å². The second kappa shape index (κ2) is 6.76. The Morgan fingerprint density at radius 1 is 1.21 bits per heavy atom. The summed E-state index contributed by atoms with van der Waals surface area (Å²) in [6.07, 6.45) is 0. The number of benzene rings is 1. The highest BCUT2D eigenvalue weighted by atomic mass is 16.2.